The third-order valence-corrected chi connectivity index (χ3v) is 25.5. The fourth-order valence-electron chi connectivity index (χ4n) is 13.0. The number of allylic oxidation sites excluding steroid dienone is 2. The Hall–Kier alpha value is -7.05. The molecule has 2 atom stereocenters. The van der Waals surface area contributed by atoms with Gasteiger partial charge in [-0.3, -0.25) is 24.0 Å². The lowest BCUT2D eigenvalue weighted by Gasteiger charge is -2.19. The van der Waals surface area contributed by atoms with Gasteiger partial charge in [0.1, 0.15) is 46.9 Å². The second-order valence-corrected chi connectivity index (χ2v) is 49.8. The number of aryl methyl sites for hydroxylation is 4. The largest absolute Gasteiger partial charge is 0.478 e. The number of fused-ring (bicyclic) bond motifs is 4. The fraction of sp³-hybridized carbons (Fsp3) is 0.571. The van der Waals surface area contributed by atoms with Gasteiger partial charge >= 0.3 is 5.97 Å². The first-order valence-corrected chi connectivity index (χ1v) is 48.2. The lowest BCUT2D eigenvalue weighted by Crippen LogP contribution is -2.38. The topological polar surface area (TPSA) is 333 Å². The van der Waals surface area contributed by atoms with Gasteiger partial charge in [0.25, 0.3) is 28.1 Å². The van der Waals surface area contributed by atoms with Gasteiger partial charge in [-0.2, -0.15) is 0 Å². The highest BCUT2D eigenvalue weighted by atomic mass is 79.9. The van der Waals surface area contributed by atoms with E-state index in [1.54, 1.807) is 120 Å². The van der Waals surface area contributed by atoms with Crippen molar-refractivity contribution in [2.45, 2.75) is 234 Å². The van der Waals surface area contributed by atoms with Crippen molar-refractivity contribution in [2.75, 3.05) is 39.4 Å². The Morgan fingerprint density at radius 2 is 0.991 bits per heavy atom. The molecule has 0 radical (unpaired) electrons. The molecule has 2 saturated carbocycles. The zero-order valence-electron chi connectivity index (χ0n) is 71.0. The Kier molecular flexibility index (Phi) is 30.1. The molecule has 0 saturated heterocycles. The average molecular weight is 1800 g/mol. The van der Waals surface area contributed by atoms with Crippen LogP contribution in [0.25, 0.3) is 33.0 Å². The number of aromatic nitrogens is 6. The molecule has 0 bridgehead atoms. The zero-order valence-corrected chi connectivity index (χ0v) is 77.7. The fourth-order valence-corrected chi connectivity index (χ4v) is 16.7. The molecule has 1 amide bonds. The minimum Gasteiger partial charge on any atom is -0.478 e. The van der Waals surface area contributed by atoms with Crippen molar-refractivity contribution in [3.63, 3.8) is 0 Å². The number of carbonyl (C=O) groups is 2. The minimum absolute atomic E-state index is 0.0169. The van der Waals surface area contributed by atoms with Crippen LogP contribution in [-0.4, -0.2) is 166 Å². The number of carboxylic acids is 1. The van der Waals surface area contributed by atoms with Crippen LogP contribution in [0.15, 0.2) is 78.5 Å². The molecule has 25 nitrogen and oxygen atoms in total. The Morgan fingerprint density at radius 3 is 1.36 bits per heavy atom. The summed E-state index contributed by atoms with van der Waals surface area (Å²) in [6, 6.07) is 2.03. The number of hydrogen-bond acceptors (Lipinski definition) is 17. The zero-order chi connectivity index (χ0) is 86.0. The molecule has 0 spiro atoms. The Balaban J connectivity index is 0.000000200. The molecule has 2 unspecified atom stereocenters. The number of nitrogens with two attached hydrogens (primary N) is 1. The first kappa shape index (κ1) is 94.1. The van der Waals surface area contributed by atoms with Gasteiger partial charge in [0, 0.05) is 183 Å². The molecule has 6 aromatic rings. The normalized spacial score (nSPS) is 17.0. The van der Waals surface area contributed by atoms with Gasteiger partial charge in [0.15, 0.2) is 0 Å². The Morgan fingerprint density at radius 1 is 0.614 bits per heavy atom. The van der Waals surface area contributed by atoms with Crippen LogP contribution in [0.2, 0.25) is 51.4 Å². The van der Waals surface area contributed by atoms with E-state index >= 15 is 0 Å². The number of nitrogens with zero attached hydrogens (tertiary/aromatic N) is 8. The highest BCUT2D eigenvalue weighted by molar-refractivity contribution is 9.11. The van der Waals surface area contributed by atoms with Crippen molar-refractivity contribution in [1.29, 1.82) is 0 Å². The quantitative estimate of drug-likeness (QED) is 0.0225. The molecule has 8 heterocycles. The monoisotopic (exact) mass is 1800 g/mol. The van der Waals surface area contributed by atoms with Gasteiger partial charge < -0.3 is 82.9 Å². The summed E-state index contributed by atoms with van der Waals surface area (Å²) in [4.78, 5) is 84.2. The summed E-state index contributed by atoms with van der Waals surface area (Å²) in [7, 11) is 4.40. The van der Waals surface area contributed by atoms with Gasteiger partial charge in [-0.1, -0.05) is 68.2 Å². The molecule has 8 N–H and O–H groups in total. The lowest BCUT2D eigenvalue weighted by molar-refractivity contribution is 0.0693. The van der Waals surface area contributed by atoms with E-state index in [0.29, 0.717) is 111 Å². The summed E-state index contributed by atoms with van der Waals surface area (Å²) >= 11 is 10.5. The van der Waals surface area contributed by atoms with Crippen LogP contribution >= 0.6 is 47.8 Å². The standard InChI is InChI=1S/C22H26N2O3.C20H32BrN3O4Si.C16H23BrN2O4Si.C15H17BrN2O2.C7H10O.C4H11NO/c1-13-10-16-18(17(13)19-23-12-21(2,3)27-19)14(11-24(5)20(16)25)8-9-22(4,26)15-6-7-15;1-13-15(18(25)22-11-20(2,3)27)16-14(21)10-23(4)19(26)17(16)24(13)12-28-8-9-29(5,6)7;1-10-12(16(21)22)13-11(17)8-18(2)15(20)14(13)19(10)9-23-6-7-24(3,4)5;1-8-5-9-12(10(16)6-18(4)14(9)19)11(8)13-17-7-15(2,3)20-13;1-3-7(2,8)6-4-5-6;1-4(2,6)3-5/h11,15,26H,6-7,10,12H2,1-5H3;10,27H,8-9,11-12H2,1-7H3,(H,22,25);8H,6-7,9H2,1-5H3,(H,21,22);6H,5,7H2,1-4H3;1,6,8H,4-5H2,2H3;6H,3,5H2,1-2H3. The number of amides is 1. The number of halogens is 3. The number of terminal acetylenes is 1. The number of nitrogens with one attached hydrogen (secondary N) is 1. The van der Waals surface area contributed by atoms with Gasteiger partial charge in [-0.05, 0) is 194 Å². The molecule has 30 heteroatoms. The molecule has 2 fully saturated rings. The highest BCUT2D eigenvalue weighted by Crippen LogP contribution is 2.43. The van der Waals surface area contributed by atoms with Crippen LogP contribution in [-0.2, 0) is 73.4 Å². The van der Waals surface area contributed by atoms with Gasteiger partial charge in [0.05, 0.1) is 35.4 Å². The van der Waals surface area contributed by atoms with E-state index in [4.69, 9.17) is 36.2 Å². The third-order valence-electron chi connectivity index (χ3n) is 20.2. The number of carbonyl (C=O) groups excluding carboxylic acids is 1. The minimum atomic E-state index is -1.23. The molecule has 114 heavy (non-hydrogen) atoms. The Labute approximate surface area is 696 Å². The summed E-state index contributed by atoms with van der Waals surface area (Å²) < 4.78 is 35.4. The number of rotatable bonds is 19. The first-order chi connectivity index (χ1) is 52.4. The van der Waals surface area contributed by atoms with E-state index in [1.165, 1.54) is 9.13 Å². The second-order valence-electron chi connectivity index (χ2n) is 36.0. The maximum atomic E-state index is 12.9. The number of hydrogen-bond donors (Lipinski definition) is 7. The molecule has 0 aromatic carbocycles. The van der Waals surface area contributed by atoms with E-state index in [0.717, 1.165) is 92.4 Å². The van der Waals surface area contributed by atoms with Crippen molar-refractivity contribution in [3.8, 4) is 24.2 Å². The van der Waals surface area contributed by atoms with Crippen LogP contribution in [0.1, 0.15) is 169 Å². The summed E-state index contributed by atoms with van der Waals surface area (Å²) in [6.07, 6.45) is 17.3. The van der Waals surface area contributed by atoms with Crippen molar-refractivity contribution in [3.05, 3.63) is 141 Å². The van der Waals surface area contributed by atoms with Gasteiger partial charge in [-0.25, -0.2) is 14.8 Å². The molecular formula is C84H119Br3N10O15Si2. The predicted molar refractivity (Wildman–Crippen MR) is 469 cm³/mol. The third kappa shape index (κ3) is 23.7. The SMILES string of the molecule is C#CC(C)(O)C1CC1.CC(C)(O)CN.CC1=C(C2=NCC(C)(C)O2)c2c(Br)cn(C)c(=O)c2C1.CC1=C(C2=NCC(C)(C)O2)c2c(C#CC(C)(O)C3CC3)cn(C)c(=O)c2C1.Cc1c(C(=O)NCC(C)(C)O)c2c(Br)cn(C)c(=O)c2n1COCC[Si](C)(C)C.Cc1c(C(=O)O)c2c(Br)cn(C)c(=O)c2n1COCC[Si](C)(C)C. The summed E-state index contributed by atoms with van der Waals surface area (Å²) in [6.45, 7) is 42.6. The number of pyridine rings is 4. The number of ether oxygens (including phenoxy) is 4. The average Bonchev–Trinajstić information content (AvgIpc) is 1.61. The van der Waals surface area contributed by atoms with Crippen molar-refractivity contribution in [1.82, 2.24) is 32.7 Å². The molecular weight excluding hydrogens is 1680 g/mol. The Bertz CT molecular complexity index is 5190. The van der Waals surface area contributed by atoms with Gasteiger partial charge in [-0.15, -0.1) is 6.42 Å². The highest BCUT2D eigenvalue weighted by Gasteiger charge is 2.42. The number of carboxylic acid groups (broad SMARTS) is 1. The van der Waals surface area contributed by atoms with Crippen LogP contribution in [0.4, 0.5) is 0 Å². The first-order valence-electron chi connectivity index (χ1n) is 38.4. The second kappa shape index (κ2) is 36.4. The van der Waals surface area contributed by atoms with Crippen molar-refractivity contribution < 1.29 is 54.1 Å². The van der Waals surface area contributed by atoms with Crippen molar-refractivity contribution in [2.24, 2.45) is 55.7 Å². The molecule has 12 rings (SSSR count). The lowest BCUT2D eigenvalue weighted by atomic mass is 9.97. The predicted octanol–water partition coefficient (Wildman–Crippen LogP) is 12.3. The molecule has 4 aliphatic carbocycles. The smallest absolute Gasteiger partial charge is 0.338 e. The molecule has 2 aliphatic heterocycles. The van der Waals surface area contributed by atoms with Crippen LogP contribution in [0, 0.1) is 49.9 Å². The number of aromatic carboxylic acids is 1. The van der Waals surface area contributed by atoms with Crippen LogP contribution in [0.3, 0.4) is 0 Å². The van der Waals surface area contributed by atoms with E-state index in [9.17, 15) is 49.2 Å². The molecule has 624 valence electrons. The van der Waals surface area contributed by atoms with E-state index in [1.807, 2.05) is 48.5 Å². The van der Waals surface area contributed by atoms with Gasteiger partial charge in [0.2, 0.25) is 11.8 Å². The van der Waals surface area contributed by atoms with E-state index in [2.05, 4.69) is 120 Å². The number of aliphatic imine (C=N–C) groups is 2. The maximum Gasteiger partial charge on any atom is 0.338 e. The summed E-state index contributed by atoms with van der Waals surface area (Å²) in [5.41, 5.74) is 11.2. The van der Waals surface area contributed by atoms with E-state index in [-0.39, 0.29) is 70.8 Å². The number of aliphatic hydroxyl groups is 4. The summed E-state index contributed by atoms with van der Waals surface area (Å²) in [5.74, 6) is 9.08. The molecule has 6 aliphatic rings. The van der Waals surface area contributed by atoms with Crippen molar-refractivity contribution >= 4 is 121 Å². The van der Waals surface area contributed by atoms with Crippen LogP contribution in [0.5, 0.6) is 0 Å². The maximum absolute atomic E-state index is 12.9. The summed E-state index contributed by atoms with van der Waals surface area (Å²) in [5, 5.41) is 51.8. The van der Waals surface area contributed by atoms with Crippen LogP contribution < -0.4 is 33.3 Å². The molecule has 6 aromatic heterocycles. The van der Waals surface area contributed by atoms with E-state index < -0.39 is 44.5 Å².